The maximum atomic E-state index is 14.3. The van der Waals surface area contributed by atoms with Crippen LogP contribution in [0.2, 0.25) is 0 Å². The number of nitrogens with one attached hydrogen (secondary N) is 2. The molecular formula is C23H24F2N4O3. The molecule has 3 aromatic rings. The van der Waals surface area contributed by atoms with Crippen LogP contribution in [-0.4, -0.2) is 28.1 Å². The summed E-state index contributed by atoms with van der Waals surface area (Å²) < 4.78 is 25.6. The van der Waals surface area contributed by atoms with Crippen LogP contribution in [0.1, 0.15) is 37.9 Å². The van der Waals surface area contributed by atoms with Gasteiger partial charge in [-0.2, -0.15) is 5.10 Å². The molecule has 7 nitrogen and oxygen atoms in total. The van der Waals surface area contributed by atoms with Crippen LogP contribution in [0.5, 0.6) is 0 Å². The summed E-state index contributed by atoms with van der Waals surface area (Å²) in [4.78, 5) is 24.9. The zero-order valence-electron chi connectivity index (χ0n) is 17.9. The number of aromatic nitrogens is 2. The summed E-state index contributed by atoms with van der Waals surface area (Å²) in [5.41, 5.74) is 1.21. The van der Waals surface area contributed by atoms with Crippen molar-refractivity contribution in [3.05, 3.63) is 82.7 Å². The maximum absolute atomic E-state index is 14.3. The first kappa shape index (κ1) is 23.2. The number of anilines is 1. The van der Waals surface area contributed by atoms with Crippen LogP contribution in [0.25, 0.3) is 0 Å². The Kier molecular flexibility index (Phi) is 6.81. The van der Waals surface area contributed by atoms with Crippen molar-refractivity contribution in [3.8, 4) is 0 Å². The third kappa shape index (κ3) is 4.74. The van der Waals surface area contributed by atoms with Crippen LogP contribution in [0.3, 0.4) is 0 Å². The molecule has 3 atom stereocenters. The smallest absolute Gasteiger partial charge is 0.316 e. The predicted molar refractivity (Wildman–Crippen MR) is 117 cm³/mol. The molecule has 3 unspecified atom stereocenters. The van der Waals surface area contributed by atoms with E-state index in [9.17, 15) is 23.6 Å². The van der Waals surface area contributed by atoms with Gasteiger partial charge >= 0.3 is 5.91 Å². The molecule has 1 aromatic heterocycles. The molecule has 0 bridgehead atoms. The lowest BCUT2D eigenvalue weighted by Crippen LogP contribution is -2.59. The van der Waals surface area contributed by atoms with Crippen LogP contribution >= 0.6 is 0 Å². The molecule has 9 heteroatoms. The van der Waals surface area contributed by atoms with E-state index in [4.69, 9.17) is 0 Å². The Morgan fingerprint density at radius 1 is 1.12 bits per heavy atom. The number of H-pyrrole nitrogens is 1. The number of quaternary nitrogens is 1. The van der Waals surface area contributed by atoms with E-state index in [1.165, 1.54) is 6.92 Å². The molecule has 0 fully saturated rings. The normalized spacial score (nSPS) is 14.9. The number of carbonyl (C=O) groups excluding carboxylic acids is 2. The number of aromatic amines is 1. The Bertz CT molecular complexity index is 1120. The van der Waals surface area contributed by atoms with E-state index in [0.717, 1.165) is 31.0 Å². The zero-order valence-corrected chi connectivity index (χ0v) is 17.9. The second kappa shape index (κ2) is 9.37. The highest BCUT2D eigenvalue weighted by Gasteiger charge is 2.40. The van der Waals surface area contributed by atoms with Gasteiger partial charge in [0, 0.05) is 24.1 Å². The van der Waals surface area contributed by atoms with Gasteiger partial charge in [0.25, 0.3) is 5.91 Å². The monoisotopic (exact) mass is 442 g/mol. The van der Waals surface area contributed by atoms with Gasteiger partial charge < -0.3 is 10.5 Å². The van der Waals surface area contributed by atoms with Crippen molar-refractivity contribution in [1.82, 2.24) is 14.8 Å². The first-order chi connectivity index (χ1) is 15.1. The van der Waals surface area contributed by atoms with Gasteiger partial charge in [-0.1, -0.05) is 37.3 Å². The van der Waals surface area contributed by atoms with Crippen molar-refractivity contribution in [1.29, 1.82) is 0 Å². The molecule has 0 aliphatic rings. The fraction of sp³-hybridized carbons (Fsp3) is 0.261. The van der Waals surface area contributed by atoms with Crippen LogP contribution in [-0.2, 0) is 16.0 Å². The highest BCUT2D eigenvalue weighted by molar-refractivity contribution is 6.01. The molecule has 2 amide bonds. The first-order valence-electron chi connectivity index (χ1n) is 10.1. The number of hydrogen-bond donors (Lipinski definition) is 2. The highest BCUT2D eigenvalue weighted by atomic mass is 19.1. The zero-order chi connectivity index (χ0) is 23.5. The van der Waals surface area contributed by atoms with Gasteiger partial charge in [0.15, 0.2) is 17.5 Å². The molecule has 168 valence electrons. The minimum absolute atomic E-state index is 0.0524. The van der Waals surface area contributed by atoms with Gasteiger partial charge in [0.2, 0.25) is 0 Å². The number of hydrogen-bond acceptors (Lipinski definition) is 4. The molecule has 0 saturated heterocycles. The number of carbonyl (C=O) groups is 2. The van der Waals surface area contributed by atoms with E-state index in [-0.39, 0.29) is 11.7 Å². The van der Waals surface area contributed by atoms with Crippen LogP contribution in [0.4, 0.5) is 20.3 Å². The summed E-state index contributed by atoms with van der Waals surface area (Å²) in [7, 11) is 0. The van der Waals surface area contributed by atoms with Crippen molar-refractivity contribution in [2.75, 3.05) is 5.32 Å². The lowest BCUT2D eigenvalue weighted by atomic mass is 9.98. The van der Waals surface area contributed by atoms with Gasteiger partial charge in [-0.3, -0.25) is 14.5 Å². The predicted octanol–water partition coefficient (Wildman–Crippen LogP) is 4.41. The lowest BCUT2D eigenvalue weighted by Gasteiger charge is -2.42. The Balaban J connectivity index is 1.76. The van der Waals surface area contributed by atoms with Crippen molar-refractivity contribution < 1.29 is 18.4 Å². The molecule has 0 saturated carbocycles. The third-order valence-corrected chi connectivity index (χ3v) is 5.41. The molecule has 0 aliphatic carbocycles. The van der Waals surface area contributed by atoms with Gasteiger partial charge in [-0.25, -0.2) is 13.6 Å². The quantitative estimate of drug-likeness (QED) is 0.418. The molecule has 2 N–H and O–H groups in total. The Labute approximate surface area is 184 Å². The molecule has 1 heterocycles. The average Bonchev–Trinajstić information content (AvgIpc) is 3.22. The van der Waals surface area contributed by atoms with E-state index in [1.807, 2.05) is 37.3 Å². The minimum Gasteiger partial charge on any atom is -0.619 e. The number of nitrogens with zero attached hydrogens (tertiary/aromatic N) is 2. The molecule has 32 heavy (non-hydrogen) atoms. The fourth-order valence-electron chi connectivity index (χ4n) is 3.53. The first-order valence-corrected chi connectivity index (χ1v) is 10.1. The van der Waals surface area contributed by atoms with Crippen LogP contribution < -0.4 is 9.96 Å². The van der Waals surface area contributed by atoms with E-state index < -0.39 is 39.8 Å². The van der Waals surface area contributed by atoms with E-state index in [2.05, 4.69) is 15.5 Å². The van der Waals surface area contributed by atoms with Gasteiger partial charge in [0.05, 0.1) is 12.6 Å². The van der Waals surface area contributed by atoms with Crippen molar-refractivity contribution in [2.45, 2.75) is 39.2 Å². The third-order valence-electron chi connectivity index (χ3n) is 5.41. The largest absolute Gasteiger partial charge is 0.619 e. The maximum Gasteiger partial charge on any atom is 0.316 e. The SMILES string of the molecule is CC(=O)[N+]([O-])(c1ccc(F)cc1F)C(C)C(=O)Nc1cc(C(C)Cc2ccccc2)n[nH]1. The molecule has 2 aromatic carbocycles. The van der Waals surface area contributed by atoms with Crippen molar-refractivity contribution in [3.63, 3.8) is 0 Å². The van der Waals surface area contributed by atoms with Crippen LogP contribution in [0, 0.1) is 16.8 Å². The highest BCUT2D eigenvalue weighted by Crippen LogP contribution is 2.30. The Hall–Kier alpha value is -3.43. The van der Waals surface area contributed by atoms with E-state index in [1.54, 1.807) is 6.07 Å². The summed E-state index contributed by atoms with van der Waals surface area (Å²) in [5.74, 6) is -3.63. The summed E-state index contributed by atoms with van der Waals surface area (Å²) in [5, 5.41) is 22.8. The molecule has 0 radical (unpaired) electrons. The Morgan fingerprint density at radius 2 is 1.81 bits per heavy atom. The van der Waals surface area contributed by atoms with Crippen molar-refractivity contribution >= 4 is 23.3 Å². The lowest BCUT2D eigenvalue weighted by molar-refractivity contribution is -0.132. The number of benzene rings is 2. The molecule has 3 rings (SSSR count). The van der Waals surface area contributed by atoms with Gasteiger partial charge in [0.1, 0.15) is 11.6 Å². The summed E-state index contributed by atoms with van der Waals surface area (Å²) in [6.07, 6.45) is 0.740. The van der Waals surface area contributed by atoms with Crippen LogP contribution in [0.15, 0.2) is 54.6 Å². The minimum atomic E-state index is -1.90. The molecule has 0 aliphatic heterocycles. The number of halogens is 2. The topological polar surface area (TPSA) is 97.9 Å². The summed E-state index contributed by atoms with van der Waals surface area (Å²) >= 11 is 0. The average molecular weight is 442 g/mol. The van der Waals surface area contributed by atoms with E-state index >= 15 is 0 Å². The van der Waals surface area contributed by atoms with Gasteiger partial charge in [-0.05, 0) is 25.0 Å². The fourth-order valence-corrected chi connectivity index (χ4v) is 3.53. The van der Waals surface area contributed by atoms with E-state index in [0.29, 0.717) is 11.8 Å². The van der Waals surface area contributed by atoms with Crippen molar-refractivity contribution in [2.24, 2.45) is 0 Å². The summed E-state index contributed by atoms with van der Waals surface area (Å²) in [6.45, 7) is 4.16. The Morgan fingerprint density at radius 3 is 2.44 bits per heavy atom. The molecule has 0 spiro atoms. The van der Waals surface area contributed by atoms with Gasteiger partial charge in [-0.15, -0.1) is 0 Å². The standard InChI is InChI=1S/C23H24F2N4O3/c1-14(11-17-7-5-4-6-8-17)20-13-22(28-27-20)26-23(31)15(2)29(32,16(3)30)21-10-9-18(24)12-19(21)25/h4-10,12-15H,11H2,1-3H3,(H2,26,27,28,31). The molecular weight excluding hydrogens is 418 g/mol. The second-order valence-electron chi connectivity index (χ2n) is 7.74. The summed E-state index contributed by atoms with van der Waals surface area (Å²) in [6, 6.07) is 12.2. The second-order valence-corrected chi connectivity index (χ2v) is 7.74. The number of hydroxylamine groups is 2. The number of rotatable bonds is 7. The number of amides is 2.